The average Bonchev–Trinajstić information content (AvgIpc) is 3.53. The minimum absolute atomic E-state index is 0.0868. The van der Waals surface area contributed by atoms with Gasteiger partial charge in [0.2, 0.25) is 0 Å². The van der Waals surface area contributed by atoms with E-state index in [0.717, 1.165) is 18.4 Å². The van der Waals surface area contributed by atoms with Gasteiger partial charge in [0.25, 0.3) is 15.9 Å². The fourth-order valence-electron chi connectivity index (χ4n) is 3.22. The van der Waals surface area contributed by atoms with Crippen LogP contribution in [0.4, 0.5) is 5.69 Å². The van der Waals surface area contributed by atoms with Crippen molar-refractivity contribution in [1.29, 1.82) is 0 Å². The Morgan fingerprint density at radius 2 is 1.86 bits per heavy atom. The highest BCUT2D eigenvalue weighted by molar-refractivity contribution is 7.92. The number of carbonyl (C=O) groups is 1. The Balaban J connectivity index is 1.84. The maximum Gasteiger partial charge on any atom is 0.264 e. The summed E-state index contributed by atoms with van der Waals surface area (Å²) in [5.74, 6) is 0.973. The van der Waals surface area contributed by atoms with Crippen LogP contribution in [0.25, 0.3) is 0 Å². The van der Waals surface area contributed by atoms with Crippen LogP contribution in [0.15, 0.2) is 47.4 Å². The predicted molar refractivity (Wildman–Crippen MR) is 114 cm³/mol. The Hall–Kier alpha value is -2.54. The molecular formula is C22H28N2O4S. The number of benzene rings is 2. The van der Waals surface area contributed by atoms with E-state index in [1.165, 1.54) is 23.5 Å². The van der Waals surface area contributed by atoms with Gasteiger partial charge in [0, 0.05) is 18.7 Å². The lowest BCUT2D eigenvalue weighted by atomic mass is 10.1. The lowest BCUT2D eigenvalue weighted by Crippen LogP contribution is -2.34. The van der Waals surface area contributed by atoms with Gasteiger partial charge in [-0.05, 0) is 81.5 Å². The summed E-state index contributed by atoms with van der Waals surface area (Å²) in [4.78, 5) is 12.8. The lowest BCUT2D eigenvalue weighted by molar-refractivity contribution is 0.0935. The van der Waals surface area contributed by atoms with Gasteiger partial charge in [0.05, 0.1) is 17.2 Å². The van der Waals surface area contributed by atoms with E-state index >= 15 is 0 Å². The number of anilines is 1. The molecule has 3 rings (SSSR count). The predicted octanol–water partition coefficient (Wildman–Crippen LogP) is 3.75. The summed E-state index contributed by atoms with van der Waals surface area (Å²) < 4.78 is 32.9. The molecule has 0 radical (unpaired) electrons. The number of amides is 1. The molecule has 1 fully saturated rings. The molecule has 0 spiro atoms. The molecule has 0 aromatic heterocycles. The molecule has 1 N–H and O–H groups in total. The third kappa shape index (κ3) is 4.72. The first kappa shape index (κ1) is 21.2. The summed E-state index contributed by atoms with van der Waals surface area (Å²) in [5.41, 5.74) is 1.65. The van der Waals surface area contributed by atoms with Crippen LogP contribution in [-0.4, -0.2) is 34.0 Å². The molecule has 1 amide bonds. The Morgan fingerprint density at radius 1 is 1.21 bits per heavy atom. The number of ether oxygens (including phenoxy) is 1. The van der Waals surface area contributed by atoms with Crippen LogP contribution in [0.1, 0.15) is 42.6 Å². The highest BCUT2D eigenvalue weighted by Crippen LogP contribution is 2.32. The Bertz CT molecular complexity index is 982. The molecule has 2 aromatic carbocycles. The smallest absolute Gasteiger partial charge is 0.264 e. The second kappa shape index (κ2) is 8.45. The molecule has 7 heteroatoms. The number of rotatable bonds is 8. The van der Waals surface area contributed by atoms with Gasteiger partial charge in [-0.2, -0.15) is 0 Å². The summed E-state index contributed by atoms with van der Waals surface area (Å²) in [5, 5.41) is 3.00. The zero-order chi connectivity index (χ0) is 21.2. The SMILES string of the molecule is CCOc1ccc(N(C)S(=O)(=O)c2ccc(C)c(C(=O)NC(C)C3CC3)c2)cc1. The quantitative estimate of drug-likeness (QED) is 0.711. The second-order valence-electron chi connectivity index (χ2n) is 7.48. The number of aryl methyl sites for hydroxylation is 1. The normalized spacial score (nSPS) is 14.9. The molecular weight excluding hydrogens is 388 g/mol. The number of sulfonamides is 1. The van der Waals surface area contributed by atoms with Crippen LogP contribution in [0.3, 0.4) is 0 Å². The van der Waals surface area contributed by atoms with Crippen molar-refractivity contribution in [2.75, 3.05) is 18.0 Å². The fourth-order valence-corrected chi connectivity index (χ4v) is 4.44. The van der Waals surface area contributed by atoms with Crippen molar-refractivity contribution in [2.45, 2.75) is 44.6 Å². The van der Waals surface area contributed by atoms with Gasteiger partial charge in [-0.3, -0.25) is 9.10 Å². The van der Waals surface area contributed by atoms with E-state index in [9.17, 15) is 13.2 Å². The van der Waals surface area contributed by atoms with E-state index in [0.29, 0.717) is 29.5 Å². The molecule has 1 unspecified atom stereocenters. The lowest BCUT2D eigenvalue weighted by Gasteiger charge is -2.21. The van der Waals surface area contributed by atoms with Gasteiger partial charge in [-0.15, -0.1) is 0 Å². The Labute approximate surface area is 172 Å². The third-order valence-electron chi connectivity index (χ3n) is 5.31. The fraction of sp³-hybridized carbons (Fsp3) is 0.409. The van der Waals surface area contributed by atoms with Crippen LogP contribution in [-0.2, 0) is 10.0 Å². The van der Waals surface area contributed by atoms with E-state index in [2.05, 4.69) is 5.32 Å². The van der Waals surface area contributed by atoms with Crippen LogP contribution in [0, 0.1) is 12.8 Å². The molecule has 1 aliphatic rings. The second-order valence-corrected chi connectivity index (χ2v) is 9.45. The van der Waals surface area contributed by atoms with E-state index < -0.39 is 10.0 Å². The maximum absolute atomic E-state index is 13.1. The first-order valence-electron chi connectivity index (χ1n) is 9.87. The molecule has 0 heterocycles. The molecule has 29 heavy (non-hydrogen) atoms. The van der Waals surface area contributed by atoms with E-state index in [-0.39, 0.29) is 16.8 Å². The van der Waals surface area contributed by atoms with Gasteiger partial charge < -0.3 is 10.1 Å². The number of nitrogens with zero attached hydrogens (tertiary/aromatic N) is 1. The van der Waals surface area contributed by atoms with E-state index in [1.807, 2.05) is 20.8 Å². The molecule has 1 atom stereocenters. The Morgan fingerprint density at radius 3 is 2.45 bits per heavy atom. The highest BCUT2D eigenvalue weighted by atomic mass is 32.2. The standard InChI is InChI=1S/C22H28N2O4S/c1-5-28-19-11-9-18(10-12-19)24(4)29(26,27)20-13-6-15(2)21(14-20)22(25)23-16(3)17-7-8-17/h6,9-14,16-17H,5,7-8H2,1-4H3,(H,23,25). The minimum atomic E-state index is -3.81. The minimum Gasteiger partial charge on any atom is -0.494 e. The van der Waals surface area contributed by atoms with Crippen molar-refractivity contribution in [3.63, 3.8) is 0 Å². The van der Waals surface area contributed by atoms with Gasteiger partial charge in [-0.1, -0.05) is 6.07 Å². The van der Waals surface area contributed by atoms with Crippen LogP contribution in [0.2, 0.25) is 0 Å². The molecule has 1 aliphatic carbocycles. The summed E-state index contributed by atoms with van der Waals surface area (Å²) in [6, 6.07) is 11.6. The molecule has 0 bridgehead atoms. The number of carbonyl (C=O) groups excluding carboxylic acids is 1. The topological polar surface area (TPSA) is 75.7 Å². The summed E-state index contributed by atoms with van der Waals surface area (Å²) in [6.07, 6.45) is 2.25. The van der Waals surface area contributed by atoms with Crippen molar-refractivity contribution in [3.05, 3.63) is 53.6 Å². The van der Waals surface area contributed by atoms with Crippen LogP contribution >= 0.6 is 0 Å². The first-order valence-corrected chi connectivity index (χ1v) is 11.3. The van der Waals surface area contributed by atoms with Crippen molar-refractivity contribution in [1.82, 2.24) is 5.32 Å². The number of hydrogen-bond donors (Lipinski definition) is 1. The van der Waals surface area contributed by atoms with Crippen LogP contribution < -0.4 is 14.4 Å². The zero-order valence-corrected chi connectivity index (χ0v) is 18.1. The first-order chi connectivity index (χ1) is 13.7. The largest absolute Gasteiger partial charge is 0.494 e. The van der Waals surface area contributed by atoms with Crippen LogP contribution in [0.5, 0.6) is 5.75 Å². The van der Waals surface area contributed by atoms with Gasteiger partial charge in [0.15, 0.2) is 0 Å². The van der Waals surface area contributed by atoms with Crippen molar-refractivity contribution >= 4 is 21.6 Å². The van der Waals surface area contributed by atoms with Crippen molar-refractivity contribution in [2.24, 2.45) is 5.92 Å². The molecule has 1 saturated carbocycles. The van der Waals surface area contributed by atoms with Gasteiger partial charge in [0.1, 0.15) is 5.75 Å². The Kier molecular flexibility index (Phi) is 6.17. The molecule has 6 nitrogen and oxygen atoms in total. The number of nitrogens with one attached hydrogen (secondary N) is 1. The van der Waals surface area contributed by atoms with E-state index in [1.54, 1.807) is 30.3 Å². The maximum atomic E-state index is 13.1. The van der Waals surface area contributed by atoms with Crippen molar-refractivity contribution < 1.29 is 17.9 Å². The summed E-state index contributed by atoms with van der Waals surface area (Å²) >= 11 is 0. The average molecular weight is 417 g/mol. The molecule has 0 saturated heterocycles. The highest BCUT2D eigenvalue weighted by Gasteiger charge is 2.30. The van der Waals surface area contributed by atoms with Gasteiger partial charge >= 0.3 is 0 Å². The van der Waals surface area contributed by atoms with E-state index in [4.69, 9.17) is 4.74 Å². The monoisotopic (exact) mass is 416 g/mol. The molecule has 0 aliphatic heterocycles. The summed E-state index contributed by atoms with van der Waals surface area (Å²) in [6.45, 7) is 6.23. The van der Waals surface area contributed by atoms with Crippen molar-refractivity contribution in [3.8, 4) is 5.75 Å². The molecule has 156 valence electrons. The molecule has 2 aromatic rings. The number of hydrogen-bond acceptors (Lipinski definition) is 4. The van der Waals surface area contributed by atoms with Gasteiger partial charge in [-0.25, -0.2) is 8.42 Å². The third-order valence-corrected chi connectivity index (χ3v) is 7.09. The zero-order valence-electron chi connectivity index (χ0n) is 17.3. The summed E-state index contributed by atoms with van der Waals surface area (Å²) in [7, 11) is -2.31.